The van der Waals surface area contributed by atoms with Crippen LogP contribution >= 0.6 is 0 Å². The molecule has 0 amide bonds. The number of hydrogen-bond acceptors (Lipinski definition) is 14. The minimum absolute atomic E-state index is 0.0315. The van der Waals surface area contributed by atoms with E-state index >= 15 is 0 Å². The smallest absolute Gasteiger partial charge is 0.109 e. The Labute approximate surface area is 339 Å². The molecule has 0 aromatic carbocycles. The van der Waals surface area contributed by atoms with Gasteiger partial charge in [0.15, 0.2) is 0 Å². The maximum absolute atomic E-state index is 10.9. The lowest BCUT2D eigenvalue weighted by atomic mass is 10.1. The van der Waals surface area contributed by atoms with E-state index in [-0.39, 0.29) is 52.5 Å². The molecule has 0 saturated carbocycles. The van der Waals surface area contributed by atoms with Gasteiger partial charge < -0.3 is 60.5 Å². The Kier molecular flexibility index (Phi) is 38.2. The van der Waals surface area contributed by atoms with E-state index < -0.39 is 62.0 Å². The van der Waals surface area contributed by atoms with Crippen LogP contribution in [0.15, 0.2) is 0 Å². The van der Waals surface area contributed by atoms with Crippen molar-refractivity contribution >= 4 is 0 Å². The highest BCUT2D eigenvalue weighted by Gasteiger charge is 2.29. The third-order valence-corrected chi connectivity index (χ3v) is 10.4. The molecule has 8 unspecified atom stereocenters. The highest BCUT2D eigenvalue weighted by Crippen LogP contribution is 2.13. The second-order valence-corrected chi connectivity index (χ2v) is 16.0. The largest absolute Gasteiger partial charge is 0.394 e. The molecular weight excluding hydrogens is 724 g/mol. The molecule has 0 spiro atoms. The average Bonchev–Trinajstić information content (AvgIpc) is 3.19. The summed E-state index contributed by atoms with van der Waals surface area (Å²) in [6, 6.07) is 0. The summed E-state index contributed by atoms with van der Waals surface area (Å²) in [6.45, 7) is 4.07. The summed E-state index contributed by atoms with van der Waals surface area (Å²) < 4.78 is 11.5. The maximum atomic E-state index is 10.9. The van der Waals surface area contributed by atoms with E-state index in [1.165, 1.54) is 89.9 Å². The van der Waals surface area contributed by atoms with Crippen LogP contribution in [0, 0.1) is 0 Å². The van der Waals surface area contributed by atoms with Crippen LogP contribution in [0.2, 0.25) is 0 Å². The standard InChI is InChI=1S/C42H88N2O12/c1-3-5-7-9-11-13-15-17-19-21-25-55-33-35(47)27-43(29-37(49)41(53)39(51)31-45)23-24-44(30-38(50)42(54)40(52)32-46)28-36(48)34-56-26-22-20-18-16-14-12-10-8-6-4-2/h35-42,45-54H,3-34H2,1-2H3. The minimum atomic E-state index is -1.64. The topological polar surface area (TPSA) is 227 Å². The molecule has 56 heavy (non-hydrogen) atoms. The SMILES string of the molecule is CCCCCCCCCCCCOCC(O)CN(CCN(CC(O)COCCCCCCCCCCCC)CC(O)C(O)C(O)CO)CC(O)C(O)C(O)CO. The Hall–Kier alpha value is -0.560. The van der Waals surface area contributed by atoms with Crippen molar-refractivity contribution in [3.05, 3.63) is 0 Å². The number of hydrogen-bond donors (Lipinski definition) is 10. The Balaban J connectivity index is 5.11. The van der Waals surface area contributed by atoms with E-state index in [1.54, 1.807) is 9.80 Å². The van der Waals surface area contributed by atoms with Crippen molar-refractivity contribution in [2.24, 2.45) is 0 Å². The van der Waals surface area contributed by atoms with Crippen molar-refractivity contribution in [2.75, 3.05) is 78.9 Å². The quantitative estimate of drug-likeness (QED) is 0.0399. The summed E-state index contributed by atoms with van der Waals surface area (Å²) in [5.74, 6) is 0. The monoisotopic (exact) mass is 813 g/mol. The fraction of sp³-hybridized carbons (Fsp3) is 1.00. The van der Waals surface area contributed by atoms with Crippen molar-refractivity contribution in [3.8, 4) is 0 Å². The number of ether oxygens (including phenoxy) is 2. The second-order valence-electron chi connectivity index (χ2n) is 16.0. The van der Waals surface area contributed by atoms with E-state index in [1.807, 2.05) is 0 Å². The van der Waals surface area contributed by atoms with E-state index in [2.05, 4.69) is 13.8 Å². The molecule has 14 heteroatoms. The van der Waals surface area contributed by atoms with Crippen LogP contribution in [0.1, 0.15) is 142 Å². The lowest BCUT2D eigenvalue weighted by Gasteiger charge is -2.34. The van der Waals surface area contributed by atoms with Gasteiger partial charge in [-0.05, 0) is 12.8 Å². The van der Waals surface area contributed by atoms with Crippen molar-refractivity contribution in [1.29, 1.82) is 0 Å². The Morgan fingerprint density at radius 2 is 0.661 bits per heavy atom. The van der Waals surface area contributed by atoms with Gasteiger partial charge in [-0.2, -0.15) is 0 Å². The summed E-state index contributed by atoms with van der Waals surface area (Å²) in [6.07, 6.45) is 12.8. The molecule has 0 aliphatic carbocycles. The normalized spacial score (nSPS) is 16.6. The first-order valence-corrected chi connectivity index (χ1v) is 22.3. The van der Waals surface area contributed by atoms with Crippen molar-refractivity contribution < 1.29 is 60.5 Å². The predicted molar refractivity (Wildman–Crippen MR) is 220 cm³/mol. The molecule has 0 aromatic rings. The lowest BCUT2D eigenvalue weighted by Crippen LogP contribution is -2.51. The second kappa shape index (κ2) is 38.6. The van der Waals surface area contributed by atoms with Gasteiger partial charge in [-0.3, -0.25) is 9.80 Å². The molecule has 0 heterocycles. The van der Waals surface area contributed by atoms with Gasteiger partial charge in [0.1, 0.15) is 24.4 Å². The van der Waals surface area contributed by atoms with E-state index in [0.29, 0.717) is 13.2 Å². The number of unbranched alkanes of at least 4 members (excludes halogenated alkanes) is 18. The van der Waals surface area contributed by atoms with Crippen molar-refractivity contribution in [2.45, 2.75) is 191 Å². The number of aliphatic hydroxyl groups excluding tert-OH is 10. The first kappa shape index (κ1) is 55.4. The highest BCUT2D eigenvalue weighted by atomic mass is 16.5. The molecule has 10 N–H and O–H groups in total. The average molecular weight is 813 g/mol. The zero-order valence-electron chi connectivity index (χ0n) is 35.4. The van der Waals surface area contributed by atoms with Gasteiger partial charge in [0.2, 0.25) is 0 Å². The fourth-order valence-electron chi connectivity index (χ4n) is 6.79. The Morgan fingerprint density at radius 1 is 0.375 bits per heavy atom. The van der Waals surface area contributed by atoms with Crippen LogP contribution in [-0.2, 0) is 9.47 Å². The van der Waals surface area contributed by atoms with Crippen molar-refractivity contribution in [3.63, 3.8) is 0 Å². The zero-order valence-corrected chi connectivity index (χ0v) is 35.4. The zero-order chi connectivity index (χ0) is 41.8. The summed E-state index contributed by atoms with van der Waals surface area (Å²) in [5.41, 5.74) is 0. The van der Waals surface area contributed by atoms with E-state index in [0.717, 1.165) is 38.5 Å². The molecule has 0 saturated heterocycles. The van der Waals surface area contributed by atoms with Crippen LogP contribution in [0.5, 0.6) is 0 Å². The number of rotatable bonds is 43. The van der Waals surface area contributed by atoms with Gasteiger partial charge in [0.05, 0.1) is 50.8 Å². The molecule has 0 aliphatic rings. The summed E-state index contributed by atoms with van der Waals surface area (Å²) >= 11 is 0. The minimum Gasteiger partial charge on any atom is -0.394 e. The number of aliphatic hydroxyl groups is 10. The summed E-state index contributed by atoms with van der Waals surface area (Å²) in [7, 11) is 0. The van der Waals surface area contributed by atoms with E-state index in [9.17, 15) is 51.1 Å². The molecule has 338 valence electrons. The van der Waals surface area contributed by atoms with Gasteiger partial charge in [0, 0.05) is 52.5 Å². The van der Waals surface area contributed by atoms with Crippen LogP contribution in [0.4, 0.5) is 0 Å². The third kappa shape index (κ3) is 31.4. The third-order valence-electron chi connectivity index (χ3n) is 10.4. The molecule has 0 radical (unpaired) electrons. The van der Waals surface area contributed by atoms with Crippen LogP contribution in [0.25, 0.3) is 0 Å². The van der Waals surface area contributed by atoms with Gasteiger partial charge in [-0.1, -0.05) is 129 Å². The molecule has 0 fully saturated rings. The summed E-state index contributed by atoms with van der Waals surface area (Å²) in [5, 5.41) is 102. The van der Waals surface area contributed by atoms with Crippen LogP contribution in [0.3, 0.4) is 0 Å². The molecular formula is C42H88N2O12. The van der Waals surface area contributed by atoms with Crippen LogP contribution < -0.4 is 0 Å². The van der Waals surface area contributed by atoms with Crippen molar-refractivity contribution in [1.82, 2.24) is 9.80 Å². The van der Waals surface area contributed by atoms with Crippen LogP contribution in [-0.4, -0.2) is 189 Å². The Morgan fingerprint density at radius 3 is 0.946 bits per heavy atom. The molecule has 0 bridgehead atoms. The van der Waals surface area contributed by atoms with Gasteiger partial charge >= 0.3 is 0 Å². The predicted octanol–water partition coefficient (Wildman–Crippen LogP) is 2.34. The molecule has 0 aliphatic heterocycles. The highest BCUT2D eigenvalue weighted by molar-refractivity contribution is 4.82. The molecule has 0 aromatic heterocycles. The first-order chi connectivity index (χ1) is 27.0. The van der Waals surface area contributed by atoms with E-state index in [4.69, 9.17) is 9.47 Å². The molecule has 0 rings (SSSR count). The maximum Gasteiger partial charge on any atom is 0.109 e. The first-order valence-electron chi connectivity index (χ1n) is 22.3. The van der Waals surface area contributed by atoms with Gasteiger partial charge in [-0.15, -0.1) is 0 Å². The van der Waals surface area contributed by atoms with Gasteiger partial charge in [-0.25, -0.2) is 0 Å². The van der Waals surface area contributed by atoms with Gasteiger partial charge in [0.25, 0.3) is 0 Å². The molecule has 8 atom stereocenters. The lowest BCUT2D eigenvalue weighted by molar-refractivity contribution is -0.0923. The Bertz CT molecular complexity index is 758. The molecule has 14 nitrogen and oxygen atoms in total. The summed E-state index contributed by atoms with van der Waals surface area (Å²) in [4.78, 5) is 3.30. The fourth-order valence-corrected chi connectivity index (χ4v) is 6.79. The number of nitrogens with zero attached hydrogens (tertiary/aromatic N) is 2.